The third-order valence-corrected chi connectivity index (χ3v) is 5.64. The molecule has 0 fully saturated rings. The molecule has 0 spiro atoms. The summed E-state index contributed by atoms with van der Waals surface area (Å²) >= 11 is 0. The number of nitrogen functional groups attached to an aromatic ring is 1. The van der Waals surface area contributed by atoms with E-state index in [0.29, 0.717) is 29.2 Å². The van der Waals surface area contributed by atoms with Gasteiger partial charge in [-0.1, -0.05) is 0 Å². The fourth-order valence-corrected chi connectivity index (χ4v) is 3.88. The minimum Gasteiger partial charge on any atom is -0.383 e. The largest absolute Gasteiger partial charge is 0.416 e. The van der Waals surface area contributed by atoms with Crippen molar-refractivity contribution in [3.05, 3.63) is 65.9 Å². The van der Waals surface area contributed by atoms with Crippen molar-refractivity contribution in [2.75, 3.05) is 11.1 Å². The van der Waals surface area contributed by atoms with E-state index < -0.39 is 35.0 Å². The minimum atomic E-state index is -4.74. The Labute approximate surface area is 204 Å². The molecule has 0 saturated carbocycles. The van der Waals surface area contributed by atoms with Crippen LogP contribution in [0.5, 0.6) is 0 Å². The smallest absolute Gasteiger partial charge is 0.383 e. The number of benzene rings is 1. The molecule has 14 heteroatoms. The predicted molar refractivity (Wildman–Crippen MR) is 124 cm³/mol. The van der Waals surface area contributed by atoms with Gasteiger partial charge in [0.05, 0.1) is 22.8 Å². The molecule has 0 atom stereocenters. The normalized spacial score (nSPS) is 12.1. The number of nitrogens with zero attached hydrogens (tertiary/aromatic N) is 6. The van der Waals surface area contributed by atoms with Gasteiger partial charge < -0.3 is 11.1 Å². The van der Waals surface area contributed by atoms with Crippen LogP contribution >= 0.6 is 0 Å². The van der Waals surface area contributed by atoms with Crippen LogP contribution in [-0.4, -0.2) is 35.0 Å². The third kappa shape index (κ3) is 4.09. The summed E-state index contributed by atoms with van der Waals surface area (Å²) in [4.78, 5) is 25.1. The van der Waals surface area contributed by atoms with Crippen molar-refractivity contribution in [2.45, 2.75) is 26.1 Å². The predicted octanol–water partition coefficient (Wildman–Crippen LogP) is 4.85. The van der Waals surface area contributed by atoms with Gasteiger partial charge in [0.1, 0.15) is 40.8 Å². The number of aromatic nitrogens is 6. The van der Waals surface area contributed by atoms with E-state index in [2.05, 4.69) is 25.4 Å². The van der Waals surface area contributed by atoms with Gasteiger partial charge in [-0.2, -0.15) is 18.3 Å². The topological polar surface area (TPSA) is 116 Å². The van der Waals surface area contributed by atoms with E-state index in [1.54, 1.807) is 4.68 Å². The Balaban J connectivity index is 1.56. The van der Waals surface area contributed by atoms with E-state index >= 15 is 4.39 Å². The van der Waals surface area contributed by atoms with Crippen LogP contribution in [-0.2, 0) is 6.18 Å². The van der Waals surface area contributed by atoms with E-state index in [9.17, 15) is 22.4 Å². The summed E-state index contributed by atoms with van der Waals surface area (Å²) in [7, 11) is 0. The lowest BCUT2D eigenvalue weighted by Gasteiger charge is -2.11. The van der Waals surface area contributed by atoms with Crippen molar-refractivity contribution in [3.63, 3.8) is 0 Å². The van der Waals surface area contributed by atoms with Crippen LogP contribution in [0.1, 0.15) is 35.9 Å². The lowest BCUT2D eigenvalue weighted by Crippen LogP contribution is -2.16. The number of imidazole rings is 1. The first kappa shape index (κ1) is 24.1. The highest BCUT2D eigenvalue weighted by Crippen LogP contribution is 2.34. The maximum atomic E-state index is 15.4. The van der Waals surface area contributed by atoms with Gasteiger partial charge in [0.2, 0.25) is 0 Å². The van der Waals surface area contributed by atoms with Gasteiger partial charge in [0, 0.05) is 17.8 Å². The molecule has 1 amide bonds. The monoisotopic (exact) mass is 516 g/mol. The second kappa shape index (κ2) is 8.50. The number of carbonyl (C=O) groups excluding carboxylic acids is 1. The Hall–Kier alpha value is -4.62. The summed E-state index contributed by atoms with van der Waals surface area (Å²) in [5.41, 5.74) is 4.67. The standard InChI is InChI=1S/C23H17F5N8O/c1-10(2)36-21-18(20(29)31-9-32-21)19(34-36)12-6-17-30-7-16(35(17)8-14(12)25)22(37)33-15-5-11(23(26,27)28)3-4-13(15)24/h3-10H,1-2H3,(H,33,37)(H2,29,31,32). The first-order valence-corrected chi connectivity index (χ1v) is 10.8. The summed E-state index contributed by atoms with van der Waals surface area (Å²) in [6.07, 6.45) is -1.41. The number of carbonyl (C=O) groups is 1. The summed E-state index contributed by atoms with van der Waals surface area (Å²) in [5.74, 6) is -2.78. The quantitative estimate of drug-likeness (QED) is 0.330. The molecular weight excluding hydrogens is 499 g/mol. The molecule has 0 unspecified atom stereocenters. The molecule has 37 heavy (non-hydrogen) atoms. The van der Waals surface area contributed by atoms with Crippen molar-refractivity contribution < 1.29 is 26.7 Å². The number of amides is 1. The second-order valence-corrected chi connectivity index (χ2v) is 8.40. The highest BCUT2D eigenvalue weighted by molar-refractivity contribution is 6.04. The number of anilines is 2. The summed E-state index contributed by atoms with van der Waals surface area (Å²) in [5, 5.41) is 6.89. The van der Waals surface area contributed by atoms with Crippen molar-refractivity contribution in [2.24, 2.45) is 0 Å². The lowest BCUT2D eigenvalue weighted by atomic mass is 10.1. The number of halogens is 5. The van der Waals surface area contributed by atoms with E-state index in [1.807, 2.05) is 13.8 Å². The zero-order valence-corrected chi connectivity index (χ0v) is 19.2. The van der Waals surface area contributed by atoms with Crippen LogP contribution in [0.4, 0.5) is 33.5 Å². The molecule has 0 aliphatic heterocycles. The average Bonchev–Trinajstić information content (AvgIpc) is 3.41. The number of nitrogens with one attached hydrogen (secondary N) is 1. The van der Waals surface area contributed by atoms with Gasteiger partial charge in [-0.05, 0) is 38.1 Å². The SMILES string of the molecule is CC(C)n1nc(-c2cc3ncc(C(=O)Nc4cc(C(F)(F)F)ccc4F)n3cc2F)c2c(N)ncnc21. The van der Waals surface area contributed by atoms with Gasteiger partial charge in [0.25, 0.3) is 5.91 Å². The Bertz CT molecular complexity index is 1690. The molecule has 5 rings (SSSR count). The van der Waals surface area contributed by atoms with E-state index in [0.717, 1.165) is 16.8 Å². The molecule has 0 saturated heterocycles. The molecule has 4 aromatic heterocycles. The summed E-state index contributed by atoms with van der Waals surface area (Å²) < 4.78 is 71.1. The highest BCUT2D eigenvalue weighted by atomic mass is 19.4. The zero-order valence-electron chi connectivity index (χ0n) is 19.2. The van der Waals surface area contributed by atoms with Crippen LogP contribution in [0.3, 0.4) is 0 Å². The highest BCUT2D eigenvalue weighted by Gasteiger charge is 2.31. The van der Waals surface area contributed by atoms with Crippen LogP contribution in [0.15, 0.2) is 43.0 Å². The van der Waals surface area contributed by atoms with Crippen molar-refractivity contribution >= 4 is 34.1 Å². The van der Waals surface area contributed by atoms with Gasteiger partial charge in [-0.3, -0.25) is 9.20 Å². The van der Waals surface area contributed by atoms with Gasteiger partial charge >= 0.3 is 6.18 Å². The Morgan fingerprint density at radius 1 is 1.08 bits per heavy atom. The van der Waals surface area contributed by atoms with Gasteiger partial charge in [-0.15, -0.1) is 0 Å². The maximum absolute atomic E-state index is 15.4. The summed E-state index contributed by atoms with van der Waals surface area (Å²) in [6, 6.07) is 2.82. The number of alkyl halides is 3. The van der Waals surface area contributed by atoms with Gasteiger partial charge in [0.15, 0.2) is 5.65 Å². The van der Waals surface area contributed by atoms with E-state index in [-0.39, 0.29) is 34.5 Å². The summed E-state index contributed by atoms with van der Waals surface area (Å²) in [6.45, 7) is 3.72. The van der Waals surface area contributed by atoms with Crippen LogP contribution in [0.25, 0.3) is 27.9 Å². The number of pyridine rings is 1. The molecule has 9 nitrogen and oxygen atoms in total. The fourth-order valence-electron chi connectivity index (χ4n) is 3.88. The molecular formula is C23H17F5N8O. The Morgan fingerprint density at radius 2 is 1.84 bits per heavy atom. The van der Waals surface area contributed by atoms with Gasteiger partial charge in [-0.25, -0.2) is 28.4 Å². The fraction of sp³-hybridized carbons (Fsp3) is 0.174. The molecule has 0 bridgehead atoms. The van der Waals surface area contributed by atoms with Crippen molar-refractivity contribution in [3.8, 4) is 11.3 Å². The molecule has 5 aromatic rings. The van der Waals surface area contributed by atoms with E-state index in [1.165, 1.54) is 12.4 Å². The van der Waals surface area contributed by atoms with Crippen LogP contribution in [0, 0.1) is 11.6 Å². The van der Waals surface area contributed by atoms with E-state index in [4.69, 9.17) is 5.73 Å². The Kier molecular flexibility index (Phi) is 5.53. The molecule has 0 aliphatic rings. The number of hydrogen-bond acceptors (Lipinski definition) is 6. The minimum absolute atomic E-state index is 0.0138. The zero-order chi connectivity index (χ0) is 26.6. The van der Waals surface area contributed by atoms with Crippen LogP contribution in [0.2, 0.25) is 0 Å². The molecule has 3 N–H and O–H groups in total. The molecule has 0 aliphatic carbocycles. The van der Waals surface area contributed by atoms with Crippen LogP contribution < -0.4 is 11.1 Å². The second-order valence-electron chi connectivity index (χ2n) is 8.40. The molecule has 190 valence electrons. The molecule has 0 radical (unpaired) electrons. The number of hydrogen-bond donors (Lipinski definition) is 2. The average molecular weight is 516 g/mol. The van der Waals surface area contributed by atoms with Crippen molar-refractivity contribution in [1.82, 2.24) is 29.1 Å². The number of rotatable bonds is 4. The first-order valence-electron chi connectivity index (χ1n) is 10.8. The first-order chi connectivity index (χ1) is 17.5. The number of fused-ring (bicyclic) bond motifs is 2. The maximum Gasteiger partial charge on any atom is 0.416 e. The molecule has 1 aromatic carbocycles. The third-order valence-electron chi connectivity index (χ3n) is 5.64. The van der Waals surface area contributed by atoms with Crippen molar-refractivity contribution in [1.29, 1.82) is 0 Å². The molecule has 4 heterocycles. The number of nitrogens with two attached hydrogens (primary N) is 1. The lowest BCUT2D eigenvalue weighted by molar-refractivity contribution is -0.137. The Morgan fingerprint density at radius 3 is 2.54 bits per heavy atom.